The maximum absolute atomic E-state index is 12.1. The molecule has 6 N–H and O–H groups in total. The van der Waals surface area contributed by atoms with Gasteiger partial charge in [0.2, 0.25) is 0 Å². The summed E-state index contributed by atoms with van der Waals surface area (Å²) in [6.07, 6.45) is 4.65. The van der Waals surface area contributed by atoms with Crippen LogP contribution in [-0.2, 0) is 0 Å². The summed E-state index contributed by atoms with van der Waals surface area (Å²) in [6.45, 7) is 2.93. The average molecular weight is 347 g/mol. The molecule has 1 aromatic heterocycles. The lowest BCUT2D eigenvalue weighted by Crippen LogP contribution is -2.46. The fourth-order valence-corrected chi connectivity index (χ4v) is 3.47. The lowest BCUT2D eigenvalue weighted by Gasteiger charge is -2.25. The second-order valence-electron chi connectivity index (χ2n) is 6.97. The van der Waals surface area contributed by atoms with E-state index in [0.717, 1.165) is 6.42 Å². The molecule has 25 heavy (non-hydrogen) atoms. The molecule has 1 aliphatic rings. The quantitative estimate of drug-likeness (QED) is 0.322. The molecule has 134 valence electrons. The highest BCUT2D eigenvalue weighted by Crippen LogP contribution is 2.35. The molecule has 9 nitrogen and oxygen atoms in total. The molecule has 0 unspecified atom stereocenters. The van der Waals surface area contributed by atoms with E-state index in [2.05, 4.69) is 15.3 Å². The highest BCUT2D eigenvalue weighted by molar-refractivity contribution is 6.40. The van der Waals surface area contributed by atoms with Crippen molar-refractivity contribution in [3.05, 3.63) is 33.0 Å². The summed E-state index contributed by atoms with van der Waals surface area (Å²) in [6, 6.07) is 0. The monoisotopic (exact) mass is 347 g/mol. The van der Waals surface area contributed by atoms with Gasteiger partial charge in [0.05, 0.1) is 12.5 Å². The van der Waals surface area contributed by atoms with Crippen molar-refractivity contribution in [2.75, 3.05) is 23.3 Å². The molecule has 0 bridgehead atoms. The Morgan fingerprint density at radius 2 is 2.24 bits per heavy atom. The first-order valence-electron chi connectivity index (χ1n) is 8.28. The van der Waals surface area contributed by atoms with Gasteiger partial charge in [-0.1, -0.05) is 6.42 Å². The number of H-pyrrole nitrogens is 1. The van der Waals surface area contributed by atoms with Crippen LogP contribution in [0, 0.1) is 5.92 Å². The SMILES string of the molecule is C[C@]1(N)CN(c2c(Nc3cnc[nH]3)c(=O)c2=O)C[C@@H]1CCCB(O)O. The van der Waals surface area contributed by atoms with E-state index in [9.17, 15) is 9.59 Å². The molecule has 0 radical (unpaired) electrons. The third kappa shape index (κ3) is 3.46. The van der Waals surface area contributed by atoms with Gasteiger partial charge in [-0.25, -0.2) is 4.98 Å². The smallest absolute Gasteiger partial charge is 0.427 e. The van der Waals surface area contributed by atoms with Crippen LogP contribution in [0.4, 0.5) is 17.2 Å². The van der Waals surface area contributed by atoms with Crippen LogP contribution in [0.5, 0.6) is 0 Å². The number of hydrogen-bond acceptors (Lipinski definition) is 8. The molecule has 0 amide bonds. The summed E-state index contributed by atoms with van der Waals surface area (Å²) < 4.78 is 0. The fourth-order valence-electron chi connectivity index (χ4n) is 3.47. The Kier molecular flexibility index (Phi) is 4.68. The minimum atomic E-state index is -1.32. The third-order valence-electron chi connectivity index (χ3n) is 4.88. The second-order valence-corrected chi connectivity index (χ2v) is 6.97. The van der Waals surface area contributed by atoms with E-state index < -0.39 is 23.5 Å². The van der Waals surface area contributed by atoms with Gasteiger partial charge >= 0.3 is 7.12 Å². The third-order valence-corrected chi connectivity index (χ3v) is 4.88. The predicted molar refractivity (Wildman–Crippen MR) is 95.8 cm³/mol. The summed E-state index contributed by atoms with van der Waals surface area (Å²) in [7, 11) is -1.32. The largest absolute Gasteiger partial charge is 0.451 e. The molecule has 10 heteroatoms. The molecule has 0 aliphatic carbocycles. The number of aromatic nitrogens is 2. The van der Waals surface area contributed by atoms with E-state index >= 15 is 0 Å². The number of nitrogens with two attached hydrogens (primary N) is 1. The molecule has 1 saturated heterocycles. The maximum atomic E-state index is 12.1. The van der Waals surface area contributed by atoms with Gasteiger partial charge in [-0.15, -0.1) is 0 Å². The number of imidazole rings is 1. The predicted octanol–water partition coefficient (Wildman–Crippen LogP) is -0.844. The van der Waals surface area contributed by atoms with Crippen molar-refractivity contribution in [3.63, 3.8) is 0 Å². The first-order valence-corrected chi connectivity index (χ1v) is 8.28. The zero-order valence-electron chi connectivity index (χ0n) is 14.0. The lowest BCUT2D eigenvalue weighted by atomic mass is 9.79. The van der Waals surface area contributed by atoms with Gasteiger partial charge in [0.15, 0.2) is 0 Å². The molecule has 0 saturated carbocycles. The van der Waals surface area contributed by atoms with Crippen molar-refractivity contribution in [1.29, 1.82) is 0 Å². The van der Waals surface area contributed by atoms with Crippen LogP contribution in [0.3, 0.4) is 0 Å². The van der Waals surface area contributed by atoms with Gasteiger partial charge in [0.1, 0.15) is 17.2 Å². The van der Waals surface area contributed by atoms with Crippen molar-refractivity contribution < 1.29 is 10.0 Å². The number of nitrogens with zero attached hydrogens (tertiary/aromatic N) is 2. The van der Waals surface area contributed by atoms with Crippen LogP contribution < -0.4 is 26.8 Å². The fraction of sp³-hybridized carbons (Fsp3) is 0.533. The summed E-state index contributed by atoms with van der Waals surface area (Å²) in [5.41, 5.74) is 5.43. The lowest BCUT2D eigenvalue weighted by molar-refractivity contribution is 0.343. The highest BCUT2D eigenvalue weighted by Gasteiger charge is 2.42. The second kappa shape index (κ2) is 6.62. The molecule has 2 atom stereocenters. The first-order chi connectivity index (χ1) is 11.8. The summed E-state index contributed by atoms with van der Waals surface area (Å²) in [5, 5.41) is 20.9. The van der Waals surface area contributed by atoms with Crippen molar-refractivity contribution in [2.45, 2.75) is 31.6 Å². The zero-order valence-corrected chi connectivity index (χ0v) is 14.0. The van der Waals surface area contributed by atoms with Gasteiger partial charge in [-0.2, -0.15) is 0 Å². The summed E-state index contributed by atoms with van der Waals surface area (Å²) in [5.74, 6) is 0.632. The van der Waals surface area contributed by atoms with Crippen molar-refractivity contribution in [3.8, 4) is 0 Å². The molecule has 3 rings (SSSR count). The average Bonchev–Trinajstić information content (AvgIpc) is 3.14. The van der Waals surface area contributed by atoms with Crippen molar-refractivity contribution in [1.82, 2.24) is 9.97 Å². The molecular formula is C15H22BN5O4. The minimum Gasteiger partial charge on any atom is -0.427 e. The zero-order chi connectivity index (χ0) is 18.2. The normalized spacial score (nSPS) is 23.4. The molecular weight excluding hydrogens is 325 g/mol. The van der Waals surface area contributed by atoms with Crippen LogP contribution in [0.15, 0.2) is 22.1 Å². The Hall–Kier alpha value is -2.17. The van der Waals surface area contributed by atoms with Crippen LogP contribution in [0.2, 0.25) is 6.32 Å². The van der Waals surface area contributed by atoms with Crippen LogP contribution in [-0.4, -0.2) is 45.8 Å². The van der Waals surface area contributed by atoms with Gasteiger partial charge < -0.3 is 31.0 Å². The van der Waals surface area contributed by atoms with Crippen LogP contribution >= 0.6 is 0 Å². The topological polar surface area (TPSA) is 145 Å². The van der Waals surface area contributed by atoms with Gasteiger partial charge in [-0.3, -0.25) is 9.59 Å². The number of aromatic amines is 1. The molecule has 1 aromatic carbocycles. The molecule has 2 aromatic rings. The Labute approximate surface area is 144 Å². The van der Waals surface area contributed by atoms with Crippen molar-refractivity contribution in [2.24, 2.45) is 11.7 Å². The molecule has 1 fully saturated rings. The van der Waals surface area contributed by atoms with Gasteiger partial charge in [0.25, 0.3) is 10.9 Å². The minimum absolute atomic E-state index is 0.0932. The first kappa shape index (κ1) is 17.7. The van der Waals surface area contributed by atoms with E-state index in [1.165, 1.54) is 12.5 Å². The molecule has 0 spiro atoms. The summed E-state index contributed by atoms with van der Waals surface area (Å²) in [4.78, 5) is 32.6. The molecule has 2 heterocycles. The maximum Gasteiger partial charge on any atom is 0.451 e. The van der Waals surface area contributed by atoms with E-state index in [1.807, 2.05) is 11.8 Å². The standard InChI is InChI=1S/C15H22BN5O4/c1-15(17)7-21(6-9(15)3-2-4-16(24)25)12-11(13(22)14(12)23)20-10-5-18-8-19-10/h5,8-9,20,24-25H,2-4,6-7,17H2,1H3,(H,18,19)/t9-,15-/m0/s1. The van der Waals surface area contributed by atoms with E-state index in [1.54, 1.807) is 0 Å². The Balaban J connectivity index is 1.74. The Morgan fingerprint density at radius 1 is 1.48 bits per heavy atom. The molecule has 1 aliphatic heterocycles. The highest BCUT2D eigenvalue weighted by atomic mass is 16.4. The Morgan fingerprint density at radius 3 is 2.88 bits per heavy atom. The van der Waals surface area contributed by atoms with Crippen LogP contribution in [0.25, 0.3) is 0 Å². The number of nitrogens with one attached hydrogen (secondary N) is 2. The van der Waals surface area contributed by atoms with E-state index in [4.69, 9.17) is 15.8 Å². The summed E-state index contributed by atoms with van der Waals surface area (Å²) >= 11 is 0. The number of anilines is 3. The van der Waals surface area contributed by atoms with E-state index in [-0.39, 0.29) is 11.6 Å². The van der Waals surface area contributed by atoms with Gasteiger partial charge in [-0.05, 0) is 25.6 Å². The number of hydrogen-bond donors (Lipinski definition) is 5. The Bertz CT molecular complexity index is 797. The number of rotatable bonds is 7. The van der Waals surface area contributed by atoms with Crippen LogP contribution in [0.1, 0.15) is 19.8 Å². The van der Waals surface area contributed by atoms with E-state index in [0.29, 0.717) is 37.3 Å². The van der Waals surface area contributed by atoms with Crippen molar-refractivity contribution >= 4 is 24.3 Å². The van der Waals surface area contributed by atoms with Gasteiger partial charge in [0, 0.05) is 18.6 Å².